The Morgan fingerprint density at radius 2 is 1.91 bits per heavy atom. The van der Waals surface area contributed by atoms with E-state index < -0.39 is 23.7 Å². The molecule has 1 unspecified atom stereocenters. The number of benzene rings is 1. The minimum absolute atomic E-state index is 0.0847. The van der Waals surface area contributed by atoms with E-state index in [1.807, 2.05) is 38.1 Å². The molecule has 3 aromatic rings. The molecule has 1 saturated carbocycles. The lowest BCUT2D eigenvalue weighted by Gasteiger charge is -2.32. The van der Waals surface area contributed by atoms with E-state index in [1.54, 1.807) is 32.1 Å². The standard InChI is InChI=1S/C25H30N6O4/c1-14-20(21(33)22(34)25(14,2)12-18(32)26-3)31-13-28-19-23(27-4)29-17(30-24(19)31)11-8-15-6-9-16(35-5)10-7-15/h6-7,9-10,13-14,20-22,33-34H,12H2,1-5H3,(H,26,32)(H,27,29,30)/t14-,20-,21+,22+,25?/m1/s1. The first-order valence-corrected chi connectivity index (χ1v) is 11.4. The van der Waals surface area contributed by atoms with Gasteiger partial charge in [-0.25, -0.2) is 15.0 Å². The van der Waals surface area contributed by atoms with Gasteiger partial charge in [-0.05, 0) is 36.1 Å². The Balaban J connectivity index is 1.75. The van der Waals surface area contributed by atoms with Crippen LogP contribution in [-0.2, 0) is 4.79 Å². The number of nitrogens with zero attached hydrogens (tertiary/aromatic N) is 4. The number of ether oxygens (including phenoxy) is 1. The minimum Gasteiger partial charge on any atom is -0.497 e. The van der Waals surface area contributed by atoms with Gasteiger partial charge >= 0.3 is 0 Å². The lowest BCUT2D eigenvalue weighted by Crippen LogP contribution is -2.39. The van der Waals surface area contributed by atoms with E-state index in [4.69, 9.17) is 4.74 Å². The third-order valence-electron chi connectivity index (χ3n) is 7.11. The van der Waals surface area contributed by atoms with Crippen molar-refractivity contribution in [3.05, 3.63) is 42.0 Å². The van der Waals surface area contributed by atoms with Crippen molar-refractivity contribution in [2.24, 2.45) is 11.3 Å². The lowest BCUT2D eigenvalue weighted by atomic mass is 9.75. The Bertz CT molecular complexity index is 1300. The number of amides is 1. The van der Waals surface area contributed by atoms with Crippen LogP contribution in [0.5, 0.6) is 5.75 Å². The molecule has 2 aromatic heterocycles. The van der Waals surface area contributed by atoms with Gasteiger partial charge in [0.2, 0.25) is 11.7 Å². The predicted octanol–water partition coefficient (Wildman–Crippen LogP) is 1.33. The van der Waals surface area contributed by atoms with Crippen LogP contribution in [0.25, 0.3) is 11.2 Å². The topological polar surface area (TPSA) is 134 Å². The second-order valence-electron chi connectivity index (χ2n) is 9.02. The highest BCUT2D eigenvalue weighted by Crippen LogP contribution is 2.51. The van der Waals surface area contributed by atoms with E-state index in [0.29, 0.717) is 17.0 Å². The number of fused-ring (bicyclic) bond motifs is 1. The molecule has 5 atom stereocenters. The highest BCUT2D eigenvalue weighted by Gasteiger charge is 2.56. The van der Waals surface area contributed by atoms with E-state index in [-0.39, 0.29) is 24.1 Å². The molecule has 1 aliphatic rings. The van der Waals surface area contributed by atoms with Crippen LogP contribution in [-0.4, -0.2) is 69.1 Å². The Morgan fingerprint density at radius 3 is 2.54 bits per heavy atom. The first-order valence-electron chi connectivity index (χ1n) is 11.4. The Morgan fingerprint density at radius 1 is 1.20 bits per heavy atom. The molecule has 0 aliphatic heterocycles. The average Bonchev–Trinajstić information content (AvgIpc) is 3.35. The predicted molar refractivity (Wildman–Crippen MR) is 131 cm³/mol. The third kappa shape index (κ3) is 4.29. The molecule has 35 heavy (non-hydrogen) atoms. The number of carbonyl (C=O) groups is 1. The van der Waals surface area contributed by atoms with Gasteiger partial charge in [-0.2, -0.15) is 0 Å². The maximum Gasteiger partial charge on any atom is 0.220 e. The van der Waals surface area contributed by atoms with Crippen LogP contribution in [0.2, 0.25) is 0 Å². The van der Waals surface area contributed by atoms with Crippen molar-refractivity contribution in [1.82, 2.24) is 24.8 Å². The second kappa shape index (κ2) is 9.52. The maximum absolute atomic E-state index is 12.2. The molecule has 0 saturated heterocycles. The second-order valence-corrected chi connectivity index (χ2v) is 9.02. The van der Waals surface area contributed by atoms with Gasteiger partial charge < -0.3 is 30.2 Å². The van der Waals surface area contributed by atoms with Crippen molar-refractivity contribution >= 4 is 22.9 Å². The van der Waals surface area contributed by atoms with Crippen LogP contribution < -0.4 is 15.4 Å². The summed E-state index contributed by atoms with van der Waals surface area (Å²) in [5.41, 5.74) is 0.949. The fraction of sp³-hybridized carbons (Fsp3) is 0.440. The Labute approximate surface area is 203 Å². The van der Waals surface area contributed by atoms with Gasteiger partial charge in [0, 0.05) is 31.5 Å². The summed E-state index contributed by atoms with van der Waals surface area (Å²) in [5, 5.41) is 27.6. The SMILES string of the molecule is CNC(=O)CC1(C)[C@H](C)[C@@H](n2cnc3c(NC)nc(C#Cc4ccc(OC)cc4)nc32)[C@H](O)[C@@H]1O. The number of carbonyl (C=O) groups excluding carboxylic acids is 1. The fourth-order valence-corrected chi connectivity index (χ4v) is 4.80. The quantitative estimate of drug-likeness (QED) is 0.404. The van der Waals surface area contributed by atoms with Gasteiger partial charge in [0.25, 0.3) is 0 Å². The highest BCUT2D eigenvalue weighted by atomic mass is 16.5. The van der Waals surface area contributed by atoms with Gasteiger partial charge in [-0.1, -0.05) is 19.8 Å². The zero-order valence-corrected chi connectivity index (χ0v) is 20.4. The molecular formula is C25H30N6O4. The van der Waals surface area contributed by atoms with Crippen LogP contribution >= 0.6 is 0 Å². The summed E-state index contributed by atoms with van der Waals surface area (Å²) in [6, 6.07) is 6.79. The molecule has 0 spiro atoms. The molecule has 2 heterocycles. The molecule has 1 aromatic carbocycles. The molecule has 4 N–H and O–H groups in total. The summed E-state index contributed by atoms with van der Waals surface area (Å²) in [4.78, 5) is 25.7. The third-order valence-corrected chi connectivity index (χ3v) is 7.11. The van der Waals surface area contributed by atoms with Crippen molar-refractivity contribution in [1.29, 1.82) is 0 Å². The first kappa shape index (κ1) is 24.4. The van der Waals surface area contributed by atoms with Crippen LogP contribution in [0, 0.1) is 23.2 Å². The van der Waals surface area contributed by atoms with Gasteiger partial charge in [-0.15, -0.1) is 0 Å². The normalized spacial score (nSPS) is 25.7. The molecule has 1 aliphatic carbocycles. The molecule has 10 heteroatoms. The van der Waals surface area contributed by atoms with Crippen molar-refractivity contribution in [3.8, 4) is 17.6 Å². The van der Waals surface area contributed by atoms with E-state index >= 15 is 0 Å². The fourth-order valence-electron chi connectivity index (χ4n) is 4.80. The van der Waals surface area contributed by atoms with Crippen LogP contribution in [0.1, 0.15) is 37.7 Å². The number of aliphatic hydroxyl groups excluding tert-OH is 2. The molecular weight excluding hydrogens is 448 g/mol. The molecule has 0 radical (unpaired) electrons. The number of hydrogen-bond acceptors (Lipinski definition) is 8. The summed E-state index contributed by atoms with van der Waals surface area (Å²) in [6.45, 7) is 3.74. The van der Waals surface area contributed by atoms with Crippen molar-refractivity contribution in [3.63, 3.8) is 0 Å². The monoisotopic (exact) mass is 478 g/mol. The van der Waals surface area contributed by atoms with Crippen molar-refractivity contribution < 1.29 is 19.7 Å². The zero-order chi connectivity index (χ0) is 25.3. The van der Waals surface area contributed by atoms with Gasteiger partial charge in [0.15, 0.2) is 17.0 Å². The summed E-state index contributed by atoms with van der Waals surface area (Å²) < 4.78 is 6.93. The molecule has 1 fully saturated rings. The number of anilines is 1. The lowest BCUT2D eigenvalue weighted by molar-refractivity contribution is -0.126. The van der Waals surface area contributed by atoms with E-state index in [2.05, 4.69) is 37.4 Å². The Hall–Kier alpha value is -3.68. The smallest absolute Gasteiger partial charge is 0.220 e. The van der Waals surface area contributed by atoms with Gasteiger partial charge in [-0.3, -0.25) is 4.79 Å². The number of hydrogen-bond donors (Lipinski definition) is 4. The molecule has 1 amide bonds. The number of imidazole rings is 1. The van der Waals surface area contributed by atoms with Crippen LogP contribution in [0.15, 0.2) is 30.6 Å². The average molecular weight is 479 g/mol. The number of aliphatic hydroxyl groups is 2. The van der Waals surface area contributed by atoms with E-state index in [0.717, 1.165) is 11.3 Å². The number of rotatable bonds is 5. The summed E-state index contributed by atoms with van der Waals surface area (Å²) in [7, 11) is 4.90. The largest absolute Gasteiger partial charge is 0.497 e. The number of aromatic nitrogens is 4. The number of nitrogens with one attached hydrogen (secondary N) is 2. The first-order chi connectivity index (χ1) is 16.7. The summed E-state index contributed by atoms with van der Waals surface area (Å²) in [5.74, 6) is 7.12. The van der Waals surface area contributed by atoms with Gasteiger partial charge in [0.1, 0.15) is 11.9 Å². The Kier molecular flexibility index (Phi) is 6.65. The molecule has 10 nitrogen and oxygen atoms in total. The number of methoxy groups -OCH3 is 1. The summed E-state index contributed by atoms with van der Waals surface area (Å²) >= 11 is 0. The highest BCUT2D eigenvalue weighted by molar-refractivity contribution is 5.83. The van der Waals surface area contributed by atoms with Crippen LogP contribution in [0.4, 0.5) is 5.82 Å². The maximum atomic E-state index is 12.2. The van der Waals surface area contributed by atoms with Gasteiger partial charge in [0.05, 0.1) is 25.6 Å². The zero-order valence-electron chi connectivity index (χ0n) is 20.4. The van der Waals surface area contributed by atoms with Crippen molar-refractivity contribution in [2.75, 3.05) is 26.5 Å². The van der Waals surface area contributed by atoms with E-state index in [1.165, 1.54) is 0 Å². The van der Waals surface area contributed by atoms with E-state index in [9.17, 15) is 15.0 Å². The molecule has 184 valence electrons. The van der Waals surface area contributed by atoms with Crippen molar-refractivity contribution in [2.45, 2.75) is 38.5 Å². The summed E-state index contributed by atoms with van der Waals surface area (Å²) in [6.07, 6.45) is -0.540. The minimum atomic E-state index is -1.11. The molecule has 0 bridgehead atoms. The molecule has 4 rings (SSSR count). The van der Waals surface area contributed by atoms with Crippen LogP contribution in [0.3, 0.4) is 0 Å².